The molecule has 8 heteroatoms. The minimum Gasteiger partial charge on any atom is -0.494 e. The molecule has 0 N–H and O–H groups in total. The van der Waals surface area contributed by atoms with Gasteiger partial charge in [-0.15, -0.1) is 0 Å². The Kier molecular flexibility index (Phi) is 11.3. The number of aliphatic imine (C=N–C) groups is 2. The molecule has 4 aromatic carbocycles. The van der Waals surface area contributed by atoms with Crippen molar-refractivity contribution >= 4 is 35.6 Å². The van der Waals surface area contributed by atoms with Crippen LogP contribution in [-0.2, 0) is 9.59 Å². The SMILES string of the molecule is CCCCOc1ccc(C2=N/C(=C\c3ccccc3)C(=O)N2CCN2C(=O)/C(=C\c3ccccc3)N=C2c2ccc(OCCCC)cc2)cc1. The zero-order valence-electron chi connectivity index (χ0n) is 28.6. The highest BCUT2D eigenvalue weighted by molar-refractivity contribution is 6.21. The van der Waals surface area contributed by atoms with Gasteiger partial charge < -0.3 is 9.47 Å². The van der Waals surface area contributed by atoms with E-state index in [1.54, 1.807) is 22.0 Å². The summed E-state index contributed by atoms with van der Waals surface area (Å²) in [6.45, 7) is 5.97. The lowest BCUT2D eigenvalue weighted by Crippen LogP contribution is -2.42. The Morgan fingerprint density at radius 2 is 0.920 bits per heavy atom. The zero-order valence-corrected chi connectivity index (χ0v) is 28.6. The molecule has 2 aliphatic heterocycles. The molecule has 6 rings (SSSR count). The van der Waals surface area contributed by atoms with Gasteiger partial charge in [-0.05, 0) is 84.7 Å². The van der Waals surface area contributed by atoms with Crippen LogP contribution in [0.25, 0.3) is 12.2 Å². The number of benzene rings is 4. The summed E-state index contributed by atoms with van der Waals surface area (Å²) in [6.07, 6.45) is 7.65. The highest BCUT2D eigenvalue weighted by Crippen LogP contribution is 2.27. The number of hydrogen-bond donors (Lipinski definition) is 0. The summed E-state index contributed by atoms with van der Waals surface area (Å²) >= 11 is 0. The van der Waals surface area contributed by atoms with Gasteiger partial charge in [-0.25, -0.2) is 9.98 Å². The molecule has 2 heterocycles. The highest BCUT2D eigenvalue weighted by Gasteiger charge is 2.35. The number of carbonyl (C=O) groups excluding carboxylic acids is 2. The summed E-state index contributed by atoms with van der Waals surface area (Å²) in [5, 5.41) is 0. The number of ether oxygens (including phenoxy) is 2. The number of hydrogen-bond acceptors (Lipinski definition) is 6. The maximum absolute atomic E-state index is 14.0. The van der Waals surface area contributed by atoms with Crippen molar-refractivity contribution in [3.8, 4) is 11.5 Å². The van der Waals surface area contributed by atoms with Crippen LogP contribution in [0.5, 0.6) is 11.5 Å². The second-order valence-electron chi connectivity index (χ2n) is 12.1. The first kappa shape index (κ1) is 34.1. The van der Waals surface area contributed by atoms with Gasteiger partial charge in [0.15, 0.2) is 0 Å². The van der Waals surface area contributed by atoms with Gasteiger partial charge in [0.25, 0.3) is 11.8 Å². The van der Waals surface area contributed by atoms with Crippen LogP contribution in [0.3, 0.4) is 0 Å². The number of rotatable bonds is 15. The molecular formula is C42H42N4O4. The van der Waals surface area contributed by atoms with Crippen LogP contribution in [0.1, 0.15) is 61.8 Å². The van der Waals surface area contributed by atoms with Crippen molar-refractivity contribution in [2.45, 2.75) is 39.5 Å². The molecule has 8 nitrogen and oxygen atoms in total. The average molecular weight is 667 g/mol. The molecule has 254 valence electrons. The van der Waals surface area contributed by atoms with Gasteiger partial charge in [-0.2, -0.15) is 0 Å². The zero-order chi connectivity index (χ0) is 34.7. The first-order valence-corrected chi connectivity index (χ1v) is 17.3. The Bertz CT molecular complexity index is 1760. The lowest BCUT2D eigenvalue weighted by atomic mass is 10.1. The predicted molar refractivity (Wildman–Crippen MR) is 199 cm³/mol. The molecule has 0 aliphatic carbocycles. The van der Waals surface area contributed by atoms with Gasteiger partial charge in [-0.3, -0.25) is 19.4 Å². The number of carbonyl (C=O) groups is 2. The van der Waals surface area contributed by atoms with Crippen LogP contribution < -0.4 is 9.47 Å². The van der Waals surface area contributed by atoms with Crippen LogP contribution >= 0.6 is 0 Å². The first-order valence-electron chi connectivity index (χ1n) is 17.3. The smallest absolute Gasteiger partial charge is 0.278 e. The summed E-state index contributed by atoms with van der Waals surface area (Å²) in [5.41, 5.74) is 3.98. The molecule has 0 atom stereocenters. The van der Waals surface area contributed by atoms with Crippen LogP contribution in [0.2, 0.25) is 0 Å². The van der Waals surface area contributed by atoms with Crippen molar-refractivity contribution in [3.63, 3.8) is 0 Å². The van der Waals surface area contributed by atoms with E-state index in [1.807, 2.05) is 109 Å². The second kappa shape index (κ2) is 16.6. The maximum Gasteiger partial charge on any atom is 0.278 e. The van der Waals surface area contributed by atoms with E-state index in [0.29, 0.717) is 36.3 Å². The van der Waals surface area contributed by atoms with Crippen LogP contribution in [0.4, 0.5) is 0 Å². The number of unbranched alkanes of at least 4 members (excludes halogenated alkanes) is 2. The maximum atomic E-state index is 14.0. The summed E-state index contributed by atoms with van der Waals surface area (Å²) < 4.78 is 11.7. The topological polar surface area (TPSA) is 83.8 Å². The first-order chi connectivity index (χ1) is 24.5. The quantitative estimate of drug-likeness (QED) is 0.0951. The number of nitrogens with zero attached hydrogens (tertiary/aromatic N) is 4. The molecule has 0 aromatic heterocycles. The monoisotopic (exact) mass is 666 g/mol. The Morgan fingerprint density at radius 1 is 0.540 bits per heavy atom. The Hall–Kier alpha value is -5.76. The second-order valence-corrected chi connectivity index (χ2v) is 12.1. The van der Waals surface area contributed by atoms with Crippen molar-refractivity contribution in [2.75, 3.05) is 26.3 Å². The van der Waals surface area contributed by atoms with E-state index in [9.17, 15) is 9.59 Å². The van der Waals surface area contributed by atoms with E-state index < -0.39 is 0 Å². The van der Waals surface area contributed by atoms with Crippen molar-refractivity contribution in [1.82, 2.24) is 9.80 Å². The average Bonchev–Trinajstić information content (AvgIpc) is 3.63. The molecule has 4 aromatic rings. The fourth-order valence-corrected chi connectivity index (χ4v) is 5.64. The van der Waals surface area contributed by atoms with Crippen LogP contribution in [0.15, 0.2) is 131 Å². The standard InChI is InChI=1S/C42H42N4O4/c1-3-5-27-49-35-21-17-33(18-22-35)39-43-37(29-31-13-9-7-10-14-31)41(47)45(39)25-26-46-40(34-19-23-36(24-20-34)50-28-6-4-2)44-38(42(46)48)30-32-15-11-8-12-16-32/h7-24,29-30H,3-6,25-28H2,1-2H3/b37-29-,38-30+. The summed E-state index contributed by atoms with van der Waals surface area (Å²) in [5.74, 6) is 2.12. The van der Waals surface area contributed by atoms with Crippen molar-refractivity contribution in [3.05, 3.63) is 143 Å². The fraction of sp³-hybridized carbons (Fsp3) is 0.238. The third kappa shape index (κ3) is 8.26. The summed E-state index contributed by atoms with van der Waals surface area (Å²) in [4.78, 5) is 40.9. The minimum absolute atomic E-state index is 0.208. The third-order valence-electron chi connectivity index (χ3n) is 8.40. The molecule has 0 bridgehead atoms. The van der Waals surface area contributed by atoms with E-state index in [1.165, 1.54) is 0 Å². The van der Waals surface area contributed by atoms with Crippen molar-refractivity contribution in [1.29, 1.82) is 0 Å². The molecule has 50 heavy (non-hydrogen) atoms. The van der Waals surface area contributed by atoms with Crippen LogP contribution in [0, 0.1) is 0 Å². The molecular weight excluding hydrogens is 624 g/mol. The molecule has 0 saturated carbocycles. The minimum atomic E-state index is -0.231. The van der Waals surface area contributed by atoms with Crippen molar-refractivity contribution in [2.24, 2.45) is 9.98 Å². The Labute approximate surface area is 294 Å². The predicted octanol–water partition coefficient (Wildman–Crippen LogP) is 8.00. The van der Waals surface area contributed by atoms with E-state index in [0.717, 1.165) is 59.4 Å². The summed E-state index contributed by atoms with van der Waals surface area (Å²) in [7, 11) is 0. The van der Waals surface area contributed by atoms with E-state index in [-0.39, 0.29) is 24.9 Å². The van der Waals surface area contributed by atoms with Gasteiger partial charge in [-0.1, -0.05) is 87.4 Å². The molecule has 0 unspecified atom stereocenters. The van der Waals surface area contributed by atoms with Crippen LogP contribution in [-0.4, -0.2) is 59.6 Å². The number of amidine groups is 2. The van der Waals surface area contributed by atoms with Gasteiger partial charge >= 0.3 is 0 Å². The molecule has 0 fully saturated rings. The molecule has 0 spiro atoms. The number of amides is 2. The Morgan fingerprint density at radius 3 is 1.28 bits per heavy atom. The fourth-order valence-electron chi connectivity index (χ4n) is 5.64. The summed E-state index contributed by atoms with van der Waals surface area (Å²) in [6, 6.07) is 34.6. The van der Waals surface area contributed by atoms with E-state index >= 15 is 0 Å². The van der Waals surface area contributed by atoms with Gasteiger partial charge in [0, 0.05) is 24.2 Å². The molecule has 0 radical (unpaired) electrons. The molecule has 0 saturated heterocycles. The molecule has 2 amide bonds. The largest absolute Gasteiger partial charge is 0.494 e. The van der Waals surface area contributed by atoms with Crippen molar-refractivity contribution < 1.29 is 19.1 Å². The highest BCUT2D eigenvalue weighted by atomic mass is 16.5. The van der Waals surface area contributed by atoms with Gasteiger partial charge in [0.2, 0.25) is 0 Å². The van der Waals surface area contributed by atoms with Gasteiger partial charge in [0.05, 0.1) is 13.2 Å². The molecule has 2 aliphatic rings. The normalized spacial score (nSPS) is 16.0. The van der Waals surface area contributed by atoms with E-state index in [2.05, 4.69) is 13.8 Å². The van der Waals surface area contributed by atoms with Gasteiger partial charge in [0.1, 0.15) is 34.6 Å². The lowest BCUT2D eigenvalue weighted by Gasteiger charge is -2.24. The van der Waals surface area contributed by atoms with E-state index in [4.69, 9.17) is 19.5 Å². The Balaban J connectivity index is 1.28. The lowest BCUT2D eigenvalue weighted by molar-refractivity contribution is -0.125. The third-order valence-corrected chi connectivity index (χ3v) is 8.40.